The average molecular weight is 295 g/mol. The first-order valence-electron chi connectivity index (χ1n) is 7.11. The van der Waals surface area contributed by atoms with Gasteiger partial charge >= 0.3 is 0 Å². The number of non-ortho nitro benzene ring substituents is 1. The zero-order chi connectivity index (χ0) is 15.1. The predicted molar refractivity (Wildman–Crippen MR) is 79.7 cm³/mol. The Bertz CT molecular complexity index is 444. The summed E-state index contributed by atoms with van der Waals surface area (Å²) in [6.45, 7) is 5.65. The van der Waals surface area contributed by atoms with E-state index in [0.29, 0.717) is 13.2 Å². The van der Waals surface area contributed by atoms with Gasteiger partial charge in [-0.1, -0.05) is 0 Å². The molecule has 0 unspecified atom stereocenters. The summed E-state index contributed by atoms with van der Waals surface area (Å²) in [5, 5.41) is 19.3. The van der Waals surface area contributed by atoms with Gasteiger partial charge in [-0.15, -0.1) is 0 Å². The maximum atomic E-state index is 10.6. The molecule has 0 radical (unpaired) electrons. The van der Waals surface area contributed by atoms with Gasteiger partial charge in [-0.2, -0.15) is 0 Å². The molecule has 0 aliphatic carbocycles. The highest BCUT2D eigenvalue weighted by Gasteiger charge is 2.17. The van der Waals surface area contributed by atoms with Crippen molar-refractivity contribution in [3.8, 4) is 0 Å². The van der Waals surface area contributed by atoms with Crippen molar-refractivity contribution in [2.75, 3.05) is 57.4 Å². The SMILES string of the molecule is O=[N+]([O-])c1ccc(N2CCN(CCOCCO)CC2)cc1. The first kappa shape index (κ1) is 15.7. The van der Waals surface area contributed by atoms with Gasteiger partial charge in [0.15, 0.2) is 0 Å². The molecule has 0 saturated carbocycles. The number of aliphatic hydroxyl groups is 1. The molecule has 1 aliphatic rings. The maximum absolute atomic E-state index is 10.6. The summed E-state index contributed by atoms with van der Waals surface area (Å²) in [7, 11) is 0. The van der Waals surface area contributed by atoms with Crippen molar-refractivity contribution >= 4 is 11.4 Å². The highest BCUT2D eigenvalue weighted by molar-refractivity contribution is 5.51. The first-order valence-corrected chi connectivity index (χ1v) is 7.11. The van der Waals surface area contributed by atoms with Gasteiger partial charge in [0.1, 0.15) is 0 Å². The zero-order valence-electron chi connectivity index (χ0n) is 12.0. The van der Waals surface area contributed by atoms with Gasteiger partial charge in [-0.25, -0.2) is 0 Å². The molecule has 1 aromatic rings. The molecule has 1 N–H and O–H groups in total. The Balaban J connectivity index is 1.76. The number of ether oxygens (including phenoxy) is 1. The van der Waals surface area contributed by atoms with E-state index in [2.05, 4.69) is 9.80 Å². The fraction of sp³-hybridized carbons (Fsp3) is 0.571. The van der Waals surface area contributed by atoms with Crippen LogP contribution >= 0.6 is 0 Å². The van der Waals surface area contributed by atoms with E-state index in [9.17, 15) is 10.1 Å². The van der Waals surface area contributed by atoms with Crippen LogP contribution in [-0.2, 0) is 4.74 Å². The van der Waals surface area contributed by atoms with Crippen LogP contribution in [-0.4, -0.2) is 67.5 Å². The Labute approximate surface area is 123 Å². The minimum Gasteiger partial charge on any atom is -0.394 e. The lowest BCUT2D eigenvalue weighted by molar-refractivity contribution is -0.384. The largest absolute Gasteiger partial charge is 0.394 e. The zero-order valence-corrected chi connectivity index (χ0v) is 12.0. The van der Waals surface area contributed by atoms with E-state index in [1.165, 1.54) is 0 Å². The number of nitrogens with zero attached hydrogens (tertiary/aromatic N) is 3. The van der Waals surface area contributed by atoms with Gasteiger partial charge in [0.25, 0.3) is 5.69 Å². The van der Waals surface area contributed by atoms with Crippen LogP contribution in [0.4, 0.5) is 11.4 Å². The molecular weight excluding hydrogens is 274 g/mol. The lowest BCUT2D eigenvalue weighted by Crippen LogP contribution is -2.47. The van der Waals surface area contributed by atoms with Crippen LogP contribution in [0.1, 0.15) is 0 Å². The number of aliphatic hydroxyl groups excluding tert-OH is 1. The lowest BCUT2D eigenvalue weighted by Gasteiger charge is -2.36. The number of nitro benzene ring substituents is 1. The van der Waals surface area contributed by atoms with Gasteiger partial charge in [0.05, 0.1) is 24.7 Å². The number of hydrogen-bond acceptors (Lipinski definition) is 6. The molecule has 1 heterocycles. The second kappa shape index (κ2) is 7.92. The average Bonchev–Trinajstić information content (AvgIpc) is 2.52. The van der Waals surface area contributed by atoms with Gasteiger partial charge in [0.2, 0.25) is 0 Å². The van der Waals surface area contributed by atoms with Crippen molar-refractivity contribution in [3.63, 3.8) is 0 Å². The lowest BCUT2D eigenvalue weighted by atomic mass is 10.2. The number of piperazine rings is 1. The molecule has 1 saturated heterocycles. The predicted octanol–water partition coefficient (Wildman–Crippen LogP) is 0.726. The smallest absolute Gasteiger partial charge is 0.269 e. The van der Waals surface area contributed by atoms with Crippen LogP contribution in [0.15, 0.2) is 24.3 Å². The summed E-state index contributed by atoms with van der Waals surface area (Å²) in [5.74, 6) is 0. The third kappa shape index (κ3) is 4.66. The number of nitro groups is 1. The molecule has 7 heteroatoms. The van der Waals surface area contributed by atoms with Crippen LogP contribution < -0.4 is 4.90 Å². The van der Waals surface area contributed by atoms with Gasteiger partial charge in [-0.3, -0.25) is 15.0 Å². The van der Waals surface area contributed by atoms with Crippen molar-refractivity contribution in [2.24, 2.45) is 0 Å². The Morgan fingerprint density at radius 2 is 1.81 bits per heavy atom. The van der Waals surface area contributed by atoms with E-state index in [1.807, 2.05) is 0 Å². The summed E-state index contributed by atoms with van der Waals surface area (Å²) in [6, 6.07) is 6.70. The number of benzene rings is 1. The number of rotatable bonds is 7. The topological polar surface area (TPSA) is 79.1 Å². The van der Waals surface area contributed by atoms with E-state index >= 15 is 0 Å². The van der Waals surface area contributed by atoms with E-state index in [1.54, 1.807) is 24.3 Å². The molecule has 21 heavy (non-hydrogen) atoms. The van der Waals surface area contributed by atoms with Crippen LogP contribution in [0.3, 0.4) is 0 Å². The van der Waals surface area contributed by atoms with Crippen molar-refractivity contribution in [1.29, 1.82) is 0 Å². The van der Waals surface area contributed by atoms with E-state index in [-0.39, 0.29) is 17.2 Å². The van der Waals surface area contributed by atoms with E-state index in [4.69, 9.17) is 9.84 Å². The van der Waals surface area contributed by atoms with Crippen molar-refractivity contribution < 1.29 is 14.8 Å². The molecule has 7 nitrogen and oxygen atoms in total. The third-order valence-electron chi connectivity index (χ3n) is 3.59. The fourth-order valence-electron chi connectivity index (χ4n) is 2.38. The Hall–Kier alpha value is -1.70. The van der Waals surface area contributed by atoms with E-state index < -0.39 is 0 Å². The number of hydrogen-bond donors (Lipinski definition) is 1. The Morgan fingerprint density at radius 1 is 1.14 bits per heavy atom. The third-order valence-corrected chi connectivity index (χ3v) is 3.59. The second-order valence-corrected chi connectivity index (χ2v) is 4.94. The van der Waals surface area contributed by atoms with Crippen LogP contribution in [0.25, 0.3) is 0 Å². The van der Waals surface area contributed by atoms with Crippen LogP contribution in [0.2, 0.25) is 0 Å². The summed E-state index contributed by atoms with van der Waals surface area (Å²) >= 11 is 0. The molecule has 0 atom stereocenters. The summed E-state index contributed by atoms with van der Waals surface area (Å²) < 4.78 is 5.26. The highest BCUT2D eigenvalue weighted by atomic mass is 16.6. The minimum absolute atomic E-state index is 0.0634. The van der Waals surface area contributed by atoms with Crippen molar-refractivity contribution in [2.45, 2.75) is 0 Å². The molecule has 0 amide bonds. The summed E-state index contributed by atoms with van der Waals surface area (Å²) in [4.78, 5) is 14.8. The molecule has 1 aromatic carbocycles. The standard InChI is InChI=1S/C14H21N3O4/c18-10-12-21-11-9-15-5-7-16(8-6-15)13-1-3-14(4-2-13)17(19)20/h1-4,18H,5-12H2. The van der Waals surface area contributed by atoms with E-state index in [0.717, 1.165) is 38.4 Å². The minimum atomic E-state index is -0.381. The monoisotopic (exact) mass is 295 g/mol. The highest BCUT2D eigenvalue weighted by Crippen LogP contribution is 2.20. The Kier molecular flexibility index (Phi) is 5.91. The van der Waals surface area contributed by atoms with Crippen molar-refractivity contribution in [1.82, 2.24) is 4.90 Å². The summed E-state index contributed by atoms with van der Waals surface area (Å²) in [5.41, 5.74) is 1.15. The van der Waals surface area contributed by atoms with Crippen molar-refractivity contribution in [3.05, 3.63) is 34.4 Å². The molecule has 116 valence electrons. The normalized spacial score (nSPS) is 16.1. The fourth-order valence-corrected chi connectivity index (χ4v) is 2.38. The maximum Gasteiger partial charge on any atom is 0.269 e. The van der Waals surface area contributed by atoms with Gasteiger partial charge < -0.3 is 14.7 Å². The molecular formula is C14H21N3O4. The van der Waals surface area contributed by atoms with Crippen LogP contribution in [0.5, 0.6) is 0 Å². The quantitative estimate of drug-likeness (QED) is 0.454. The number of anilines is 1. The summed E-state index contributed by atoms with van der Waals surface area (Å²) in [6.07, 6.45) is 0. The first-order chi connectivity index (χ1) is 10.2. The molecule has 0 aromatic heterocycles. The van der Waals surface area contributed by atoms with Crippen LogP contribution in [0, 0.1) is 10.1 Å². The molecule has 1 aliphatic heterocycles. The molecule has 0 bridgehead atoms. The Morgan fingerprint density at radius 3 is 2.38 bits per heavy atom. The molecule has 1 fully saturated rings. The second-order valence-electron chi connectivity index (χ2n) is 4.94. The van der Waals surface area contributed by atoms with Gasteiger partial charge in [-0.05, 0) is 12.1 Å². The molecule has 0 spiro atoms. The molecule has 2 rings (SSSR count). The van der Waals surface area contributed by atoms with Gasteiger partial charge in [0, 0.05) is 50.5 Å².